The Hall–Kier alpha value is -1.15. The molecule has 2 aromatic rings. The molecular formula is C14H22ClN3O3S. The number of nitrogens with two attached hydrogens (primary N) is 1. The van der Waals surface area contributed by atoms with Crippen LogP contribution in [0.1, 0.15) is 19.5 Å². The van der Waals surface area contributed by atoms with Gasteiger partial charge in [-0.15, -0.1) is 12.4 Å². The van der Waals surface area contributed by atoms with Crippen molar-refractivity contribution in [1.29, 1.82) is 0 Å². The van der Waals surface area contributed by atoms with Gasteiger partial charge < -0.3 is 10.3 Å². The number of nitrogens with zero attached hydrogens (tertiary/aromatic N) is 2. The maximum Gasteiger partial charge on any atom is 0.219 e. The Morgan fingerprint density at radius 2 is 1.95 bits per heavy atom. The van der Waals surface area contributed by atoms with Gasteiger partial charge >= 0.3 is 0 Å². The highest BCUT2D eigenvalue weighted by Gasteiger charge is 2.27. The second-order valence-corrected chi connectivity index (χ2v) is 8.08. The fraction of sp³-hybridized carbons (Fsp3) is 0.500. The Labute approximate surface area is 137 Å². The molecule has 2 N–H and O–H groups in total. The van der Waals surface area contributed by atoms with Crippen LogP contribution in [0.5, 0.6) is 0 Å². The van der Waals surface area contributed by atoms with Gasteiger partial charge in [-0.2, -0.15) is 0 Å². The molecule has 8 heteroatoms. The summed E-state index contributed by atoms with van der Waals surface area (Å²) >= 11 is 0. The summed E-state index contributed by atoms with van der Waals surface area (Å²) in [4.78, 5) is 0. The van der Waals surface area contributed by atoms with E-state index in [9.17, 15) is 8.42 Å². The fourth-order valence-corrected chi connectivity index (χ4v) is 3.41. The molecule has 0 saturated heterocycles. The van der Waals surface area contributed by atoms with Crippen molar-refractivity contribution in [1.82, 2.24) is 9.46 Å². The van der Waals surface area contributed by atoms with Gasteiger partial charge in [-0.25, -0.2) is 12.7 Å². The predicted octanol–water partition coefficient (Wildman–Crippen LogP) is 2.00. The van der Waals surface area contributed by atoms with Crippen LogP contribution in [-0.4, -0.2) is 38.0 Å². The molecule has 1 aromatic heterocycles. The normalized spacial score (nSPS) is 12.6. The Morgan fingerprint density at radius 3 is 2.59 bits per heavy atom. The zero-order valence-corrected chi connectivity index (χ0v) is 14.6. The third-order valence-corrected chi connectivity index (χ3v) is 5.17. The van der Waals surface area contributed by atoms with Gasteiger partial charge in [-0.1, -0.05) is 31.1 Å². The van der Waals surface area contributed by atoms with Crippen molar-refractivity contribution < 1.29 is 12.9 Å². The standard InChI is InChI=1S/C14H21N3O3S.ClH/c1-14(2,9-15)10-17(3)21(18,19)8-12-11-6-4-5-7-13(11)20-16-12;/h4-7H,8-10,15H2,1-3H3;1H. The third-order valence-electron chi connectivity index (χ3n) is 3.45. The number of para-hydroxylation sites is 1. The van der Waals surface area contributed by atoms with Crippen LogP contribution in [0.3, 0.4) is 0 Å². The molecule has 0 spiro atoms. The van der Waals surface area contributed by atoms with E-state index in [1.807, 2.05) is 26.0 Å². The first-order valence-corrected chi connectivity index (χ1v) is 8.33. The average Bonchev–Trinajstić information content (AvgIpc) is 2.81. The topological polar surface area (TPSA) is 89.4 Å². The summed E-state index contributed by atoms with van der Waals surface area (Å²) in [7, 11) is -1.90. The van der Waals surface area contributed by atoms with E-state index in [1.54, 1.807) is 19.2 Å². The minimum absolute atomic E-state index is 0. The highest BCUT2D eigenvalue weighted by Crippen LogP contribution is 2.22. The lowest BCUT2D eigenvalue weighted by molar-refractivity contribution is 0.291. The van der Waals surface area contributed by atoms with E-state index in [0.717, 1.165) is 5.39 Å². The molecule has 6 nitrogen and oxygen atoms in total. The maximum atomic E-state index is 12.4. The van der Waals surface area contributed by atoms with Crippen LogP contribution in [-0.2, 0) is 15.8 Å². The SMILES string of the molecule is CN(CC(C)(C)CN)S(=O)(=O)Cc1noc2ccccc12.Cl. The van der Waals surface area contributed by atoms with Gasteiger partial charge in [0.2, 0.25) is 10.0 Å². The number of aromatic nitrogens is 1. The van der Waals surface area contributed by atoms with E-state index < -0.39 is 10.0 Å². The second kappa shape index (κ2) is 6.95. The number of halogens is 1. The molecule has 0 aliphatic rings. The van der Waals surface area contributed by atoms with E-state index >= 15 is 0 Å². The lowest BCUT2D eigenvalue weighted by Crippen LogP contribution is -2.40. The number of hydrogen-bond acceptors (Lipinski definition) is 5. The molecule has 2 rings (SSSR count). The first-order valence-electron chi connectivity index (χ1n) is 6.72. The van der Waals surface area contributed by atoms with Gasteiger partial charge in [-0.3, -0.25) is 0 Å². The van der Waals surface area contributed by atoms with E-state index in [1.165, 1.54) is 4.31 Å². The van der Waals surface area contributed by atoms with Crippen LogP contribution < -0.4 is 5.73 Å². The molecule has 0 unspecified atom stereocenters. The van der Waals surface area contributed by atoms with Crippen molar-refractivity contribution in [3.8, 4) is 0 Å². The van der Waals surface area contributed by atoms with E-state index in [0.29, 0.717) is 24.4 Å². The molecule has 22 heavy (non-hydrogen) atoms. The zero-order chi connectivity index (χ0) is 15.7. The molecule has 1 heterocycles. The summed E-state index contributed by atoms with van der Waals surface area (Å²) in [5.41, 5.74) is 6.41. The van der Waals surface area contributed by atoms with Crippen LogP contribution in [0.25, 0.3) is 11.0 Å². The highest BCUT2D eigenvalue weighted by atomic mass is 35.5. The summed E-state index contributed by atoms with van der Waals surface area (Å²) in [5.74, 6) is -0.179. The van der Waals surface area contributed by atoms with Crippen molar-refractivity contribution in [2.45, 2.75) is 19.6 Å². The quantitative estimate of drug-likeness (QED) is 0.863. The summed E-state index contributed by atoms with van der Waals surface area (Å²) in [6.07, 6.45) is 0. The number of rotatable bonds is 6. The van der Waals surface area contributed by atoms with Gasteiger partial charge in [-0.05, 0) is 24.1 Å². The number of sulfonamides is 1. The van der Waals surface area contributed by atoms with Gasteiger partial charge in [0.05, 0.1) is 0 Å². The van der Waals surface area contributed by atoms with Gasteiger partial charge in [0.25, 0.3) is 0 Å². The molecule has 0 saturated carbocycles. The Balaban J connectivity index is 0.00000242. The van der Waals surface area contributed by atoms with Crippen LogP contribution in [0, 0.1) is 5.41 Å². The number of hydrogen-bond donors (Lipinski definition) is 1. The highest BCUT2D eigenvalue weighted by molar-refractivity contribution is 7.88. The molecule has 0 atom stereocenters. The van der Waals surface area contributed by atoms with Crippen LogP contribution in [0.15, 0.2) is 28.8 Å². The Bertz CT molecular complexity index is 728. The van der Waals surface area contributed by atoms with E-state index in [4.69, 9.17) is 10.3 Å². The predicted molar refractivity (Wildman–Crippen MR) is 89.3 cm³/mol. The van der Waals surface area contributed by atoms with Crippen LogP contribution >= 0.6 is 12.4 Å². The molecular weight excluding hydrogens is 326 g/mol. The fourth-order valence-electron chi connectivity index (χ4n) is 2.09. The molecule has 0 bridgehead atoms. The smallest absolute Gasteiger partial charge is 0.219 e. The molecule has 124 valence electrons. The molecule has 0 aliphatic heterocycles. The molecule has 1 aromatic carbocycles. The minimum Gasteiger partial charge on any atom is -0.356 e. The van der Waals surface area contributed by atoms with Crippen molar-refractivity contribution in [3.63, 3.8) is 0 Å². The van der Waals surface area contributed by atoms with Crippen molar-refractivity contribution >= 4 is 33.4 Å². The lowest BCUT2D eigenvalue weighted by atomic mass is 9.94. The minimum atomic E-state index is -3.46. The van der Waals surface area contributed by atoms with Crippen molar-refractivity contribution in [3.05, 3.63) is 30.0 Å². The lowest BCUT2D eigenvalue weighted by Gasteiger charge is -2.28. The number of fused-ring (bicyclic) bond motifs is 1. The monoisotopic (exact) mass is 347 g/mol. The van der Waals surface area contributed by atoms with Gasteiger partial charge in [0.15, 0.2) is 5.58 Å². The summed E-state index contributed by atoms with van der Waals surface area (Å²) in [5, 5.41) is 4.60. The molecule has 0 radical (unpaired) electrons. The van der Waals surface area contributed by atoms with Crippen LogP contribution in [0.4, 0.5) is 0 Å². The largest absolute Gasteiger partial charge is 0.356 e. The van der Waals surface area contributed by atoms with Gasteiger partial charge in [0.1, 0.15) is 11.4 Å². The molecule has 0 amide bonds. The van der Waals surface area contributed by atoms with Crippen molar-refractivity contribution in [2.75, 3.05) is 20.1 Å². The first-order chi connectivity index (χ1) is 9.75. The van der Waals surface area contributed by atoms with E-state index in [2.05, 4.69) is 5.16 Å². The molecule has 0 aliphatic carbocycles. The van der Waals surface area contributed by atoms with Crippen molar-refractivity contribution in [2.24, 2.45) is 11.1 Å². The third kappa shape index (κ3) is 4.19. The van der Waals surface area contributed by atoms with Crippen LogP contribution in [0.2, 0.25) is 0 Å². The summed E-state index contributed by atoms with van der Waals surface area (Å²) < 4.78 is 31.4. The zero-order valence-electron chi connectivity index (χ0n) is 12.9. The Kier molecular flexibility index (Phi) is 5.97. The van der Waals surface area contributed by atoms with E-state index in [-0.39, 0.29) is 23.6 Å². The Morgan fingerprint density at radius 1 is 1.32 bits per heavy atom. The first kappa shape index (κ1) is 18.9. The summed E-state index contributed by atoms with van der Waals surface area (Å²) in [6, 6.07) is 7.22. The van der Waals surface area contributed by atoms with Gasteiger partial charge in [0, 0.05) is 19.0 Å². The number of benzene rings is 1. The molecule has 0 fully saturated rings. The second-order valence-electron chi connectivity index (χ2n) is 6.01. The average molecular weight is 348 g/mol. The summed E-state index contributed by atoms with van der Waals surface area (Å²) in [6.45, 7) is 4.65. The maximum absolute atomic E-state index is 12.4.